The predicted molar refractivity (Wildman–Crippen MR) is 170 cm³/mol. The fraction of sp³-hybridized carbons (Fsp3) is 0.536. The molecule has 0 spiro atoms. The number of aliphatic hydroxyl groups excluding tert-OH is 1. The van der Waals surface area contributed by atoms with Gasteiger partial charge in [-0.25, -0.2) is 0 Å². The Morgan fingerprint density at radius 2 is 2.00 bits per heavy atom. The van der Waals surface area contributed by atoms with Crippen molar-refractivity contribution in [2.24, 2.45) is 27.1 Å². The average molecular weight is 619 g/mol. The molecule has 2 unspecified atom stereocenters. The first-order valence-corrected chi connectivity index (χ1v) is 15.3. The van der Waals surface area contributed by atoms with Crippen LogP contribution in [0.2, 0.25) is 0 Å². The van der Waals surface area contributed by atoms with Crippen LogP contribution in [-0.2, 0) is 11.3 Å². The van der Waals surface area contributed by atoms with Crippen molar-refractivity contribution in [3.63, 3.8) is 0 Å². The van der Waals surface area contributed by atoms with Crippen LogP contribution in [0.4, 0.5) is 11.7 Å². The quantitative estimate of drug-likeness (QED) is 0.0914. The summed E-state index contributed by atoms with van der Waals surface area (Å²) in [5.74, 6) is 0.661. The van der Waals surface area contributed by atoms with Crippen molar-refractivity contribution in [2.75, 3.05) is 27.7 Å². The van der Waals surface area contributed by atoms with Crippen LogP contribution in [0.5, 0.6) is 0 Å². The maximum Gasteiger partial charge on any atom is 0.345 e. The van der Waals surface area contributed by atoms with E-state index < -0.39 is 16.1 Å². The first kappa shape index (κ1) is 36.5. The van der Waals surface area contributed by atoms with E-state index in [2.05, 4.69) is 54.1 Å². The zero-order valence-electron chi connectivity index (χ0n) is 25.5. The Morgan fingerprint density at radius 1 is 1.37 bits per heavy atom. The smallest absolute Gasteiger partial charge is 0.345 e. The SMILES string of the molecule is C=N/C(=C\C=C(\C(=C)NS/C(C=NC)=C(\C)N)C(C)(C)CC(C)CNC)[n+]1ccc2n1C(C)(S(F)(F)F)CC2.CO. The van der Waals surface area contributed by atoms with Crippen LogP contribution in [0.3, 0.4) is 0 Å². The van der Waals surface area contributed by atoms with Crippen LogP contribution in [-0.4, -0.2) is 50.5 Å². The van der Waals surface area contributed by atoms with Crippen molar-refractivity contribution < 1.29 is 21.4 Å². The van der Waals surface area contributed by atoms with Gasteiger partial charge in [0.05, 0.1) is 10.6 Å². The van der Waals surface area contributed by atoms with Crippen molar-refractivity contribution in [1.29, 1.82) is 0 Å². The molecule has 2 rings (SSSR count). The lowest BCUT2D eigenvalue weighted by atomic mass is 9.75. The molecule has 1 aliphatic rings. The molecule has 0 aromatic carbocycles. The van der Waals surface area contributed by atoms with Crippen LogP contribution < -0.4 is 20.5 Å². The second-order valence-electron chi connectivity index (χ2n) is 10.7. The number of aryl methyl sites for hydroxylation is 1. The first-order chi connectivity index (χ1) is 19.1. The Balaban J connectivity index is 0.00000411. The van der Waals surface area contributed by atoms with Gasteiger partial charge in [0.25, 0.3) is 0 Å². The van der Waals surface area contributed by atoms with Crippen LogP contribution in [0.15, 0.2) is 62.9 Å². The maximum absolute atomic E-state index is 14.2. The summed E-state index contributed by atoms with van der Waals surface area (Å²) in [6.45, 7) is 18.3. The van der Waals surface area contributed by atoms with Gasteiger partial charge in [-0.2, -0.15) is 4.68 Å². The normalized spacial score (nSPS) is 19.7. The van der Waals surface area contributed by atoms with Gasteiger partial charge in [-0.1, -0.05) is 32.3 Å². The molecule has 13 heteroatoms. The molecule has 8 nitrogen and oxygen atoms in total. The third-order valence-corrected chi connectivity index (χ3v) is 9.24. The molecule has 232 valence electrons. The average Bonchev–Trinajstić information content (AvgIpc) is 3.46. The second kappa shape index (κ2) is 15.7. The lowest BCUT2D eigenvalue weighted by Gasteiger charge is -2.32. The van der Waals surface area contributed by atoms with E-state index >= 15 is 0 Å². The lowest BCUT2D eigenvalue weighted by molar-refractivity contribution is -0.677. The van der Waals surface area contributed by atoms with Gasteiger partial charge in [0, 0.05) is 43.9 Å². The van der Waals surface area contributed by atoms with Gasteiger partial charge < -0.3 is 20.9 Å². The fourth-order valence-corrected chi connectivity index (χ4v) is 6.40. The largest absolute Gasteiger partial charge is 0.401 e. The number of hydrogen-bond donors (Lipinski definition) is 4. The summed E-state index contributed by atoms with van der Waals surface area (Å²) in [5.41, 5.74) is 8.45. The van der Waals surface area contributed by atoms with Crippen LogP contribution in [0.25, 0.3) is 5.82 Å². The molecule has 41 heavy (non-hydrogen) atoms. The third kappa shape index (κ3) is 9.00. The Bertz CT molecular complexity index is 1180. The molecule has 0 saturated heterocycles. The molecular weight excluding hydrogens is 571 g/mol. The van der Waals surface area contributed by atoms with Crippen molar-refractivity contribution >= 4 is 41.9 Å². The van der Waals surface area contributed by atoms with Crippen LogP contribution >= 0.6 is 23.1 Å². The minimum absolute atomic E-state index is 0.0132. The van der Waals surface area contributed by atoms with E-state index in [0.29, 0.717) is 35.2 Å². The number of aromatic nitrogens is 2. The number of nitrogens with zero attached hydrogens (tertiary/aromatic N) is 4. The van der Waals surface area contributed by atoms with Gasteiger partial charge in [-0.15, -0.1) is 16.3 Å². The summed E-state index contributed by atoms with van der Waals surface area (Å²) in [4.78, 5) is 6.99. The molecule has 1 aliphatic heterocycles. The van der Waals surface area contributed by atoms with Crippen LogP contribution in [0, 0.1) is 11.3 Å². The molecule has 0 radical (unpaired) electrons. The number of nitrogens with one attached hydrogen (secondary N) is 2. The van der Waals surface area contributed by atoms with Crippen molar-refractivity contribution in [1.82, 2.24) is 14.7 Å². The number of aliphatic imine (C=N–C) groups is 2. The number of hydrogen-bond acceptors (Lipinski definition) is 7. The summed E-state index contributed by atoms with van der Waals surface area (Å²) in [7, 11) is 4.59. The highest BCUT2D eigenvalue weighted by Crippen LogP contribution is 2.69. The highest BCUT2D eigenvalue weighted by atomic mass is 32.3. The van der Waals surface area contributed by atoms with Gasteiger partial charge in [0.2, 0.25) is 11.2 Å². The first-order valence-electron chi connectivity index (χ1n) is 13.2. The molecule has 2 heterocycles. The van der Waals surface area contributed by atoms with E-state index in [1.807, 2.05) is 13.1 Å². The molecule has 0 fully saturated rings. The van der Waals surface area contributed by atoms with Crippen molar-refractivity contribution in [3.8, 4) is 0 Å². The summed E-state index contributed by atoms with van der Waals surface area (Å²) >= 11 is -4.08. The van der Waals surface area contributed by atoms with E-state index in [4.69, 9.17) is 10.8 Å². The summed E-state index contributed by atoms with van der Waals surface area (Å²) in [6.07, 6.45) is 8.09. The predicted octanol–water partition coefficient (Wildman–Crippen LogP) is 5.80. The molecule has 5 N–H and O–H groups in total. The number of allylic oxidation sites excluding steroid dienone is 5. The number of nitrogens with two attached hydrogens (primary N) is 1. The monoisotopic (exact) mass is 618 g/mol. The summed E-state index contributed by atoms with van der Waals surface area (Å²) in [5, 5.41) is 10.2. The van der Waals surface area contributed by atoms with Crippen LogP contribution in [0.1, 0.15) is 53.2 Å². The fourth-order valence-electron chi connectivity index (χ4n) is 5.00. The number of aliphatic hydroxyl groups is 1. The number of halogens is 3. The third-order valence-electron chi connectivity index (χ3n) is 6.87. The Kier molecular flexibility index (Phi) is 14.0. The summed E-state index contributed by atoms with van der Waals surface area (Å²) < 4.78 is 48.7. The minimum Gasteiger partial charge on any atom is -0.401 e. The van der Waals surface area contributed by atoms with E-state index in [-0.39, 0.29) is 11.8 Å². The second-order valence-corrected chi connectivity index (χ2v) is 13.2. The van der Waals surface area contributed by atoms with Gasteiger partial charge in [-0.05, 0) is 81.6 Å². The van der Waals surface area contributed by atoms with Crippen molar-refractivity contribution in [2.45, 2.75) is 58.8 Å². The van der Waals surface area contributed by atoms with E-state index in [9.17, 15) is 11.7 Å². The molecule has 0 bridgehead atoms. The molecule has 2 atom stereocenters. The number of fused-ring (bicyclic) bond motifs is 1. The van der Waals surface area contributed by atoms with Gasteiger partial charge in [0.1, 0.15) is 12.9 Å². The highest BCUT2D eigenvalue weighted by Gasteiger charge is 2.55. The van der Waals surface area contributed by atoms with Gasteiger partial charge >= 0.3 is 5.82 Å². The lowest BCUT2D eigenvalue weighted by Crippen LogP contribution is -2.49. The van der Waals surface area contributed by atoms with Gasteiger partial charge in [-0.3, -0.25) is 4.99 Å². The zero-order chi connectivity index (χ0) is 31.6. The van der Waals surface area contributed by atoms with Gasteiger partial charge in [0.15, 0.2) is 4.87 Å². The summed E-state index contributed by atoms with van der Waals surface area (Å²) in [6, 6.07) is 1.72. The topological polar surface area (TPSA) is 104 Å². The number of rotatable bonds is 14. The molecule has 1 aromatic rings. The molecule has 0 amide bonds. The van der Waals surface area contributed by atoms with E-state index in [1.165, 1.54) is 28.2 Å². The van der Waals surface area contributed by atoms with E-state index in [1.54, 1.807) is 38.5 Å². The standard InChI is InChI=1S/C27H43F3N7S2.CH4O/c1-19(17-32-7)16-26(4,5)23(21(3)35-38-24(18-33-8)20(2)31)10-11-25(34-9)36-15-13-22-12-14-27(6,37(22)36)39(28,29)30;1-2/h10-11,13,15,18-19,32,35H,3,9,12,14,16-17,31H2,1-2,4-8H3;2H,1H3/q+1;/b23-10-,24-20+,25-11+,33-18?;. The highest BCUT2D eigenvalue weighted by molar-refractivity contribution is 8.21. The minimum atomic E-state index is -5.38. The zero-order valence-corrected chi connectivity index (χ0v) is 27.1. The van der Waals surface area contributed by atoms with E-state index in [0.717, 1.165) is 30.6 Å². The van der Waals surface area contributed by atoms with Crippen molar-refractivity contribution in [3.05, 3.63) is 58.6 Å². The molecule has 0 saturated carbocycles. The Labute approximate surface area is 249 Å². The molecule has 0 aliphatic carbocycles. The molecular formula is C28H47F3N7OS2+. The Morgan fingerprint density at radius 3 is 2.51 bits per heavy atom. The Hall–Kier alpha value is -2.48. The maximum atomic E-state index is 14.2. The molecule has 1 aromatic heterocycles.